The van der Waals surface area contributed by atoms with E-state index in [1.807, 2.05) is 63.4 Å². The van der Waals surface area contributed by atoms with Crippen molar-refractivity contribution in [2.24, 2.45) is 0 Å². The number of carboxylic acids is 1. The highest BCUT2D eigenvalue weighted by Gasteiger charge is 2.19. The van der Waals surface area contributed by atoms with E-state index >= 15 is 0 Å². The number of carboxylic acid groups (broad SMARTS) is 1. The molecule has 0 saturated heterocycles. The van der Waals surface area contributed by atoms with E-state index in [0.29, 0.717) is 28.0 Å². The number of rotatable bonds is 6. The van der Waals surface area contributed by atoms with Gasteiger partial charge in [-0.05, 0) is 56.7 Å². The maximum absolute atomic E-state index is 13.1. The Kier molecular flexibility index (Phi) is 5.90. The van der Waals surface area contributed by atoms with Crippen molar-refractivity contribution < 1.29 is 14.3 Å². The van der Waals surface area contributed by atoms with Gasteiger partial charge in [0.15, 0.2) is 5.43 Å². The van der Waals surface area contributed by atoms with Crippen molar-refractivity contribution in [3.63, 3.8) is 0 Å². The Bertz CT molecular complexity index is 1650. The fraction of sp³-hybridized carbons (Fsp3) is 0.138. The van der Waals surface area contributed by atoms with Gasteiger partial charge in [0, 0.05) is 23.5 Å². The topological polar surface area (TPSA) is 97.4 Å². The monoisotopic (exact) mass is 479 g/mol. The van der Waals surface area contributed by atoms with Crippen LogP contribution in [0.3, 0.4) is 0 Å². The fourth-order valence-electron chi connectivity index (χ4n) is 4.29. The normalized spacial score (nSPS) is 12.0. The Balaban J connectivity index is 1.58. The largest absolute Gasteiger partial charge is 0.478 e. The molecule has 1 atom stereocenters. The summed E-state index contributed by atoms with van der Waals surface area (Å²) in [6, 6.07) is 19.6. The minimum Gasteiger partial charge on any atom is -0.478 e. The number of aryl methyl sites for hydroxylation is 2. The fourth-order valence-corrected chi connectivity index (χ4v) is 4.29. The van der Waals surface area contributed by atoms with E-state index in [1.54, 1.807) is 35.1 Å². The summed E-state index contributed by atoms with van der Waals surface area (Å²) in [4.78, 5) is 24.8. The molecule has 0 fully saturated rings. The number of aromatic nitrogens is 2. The first-order valence-electron chi connectivity index (χ1n) is 11.6. The Hall–Kier alpha value is -4.65. The van der Waals surface area contributed by atoms with Crippen LogP contribution in [0.1, 0.15) is 40.0 Å². The molecule has 0 aliphatic rings. The van der Waals surface area contributed by atoms with Crippen molar-refractivity contribution in [3.8, 4) is 17.0 Å². The third-order valence-corrected chi connectivity index (χ3v) is 6.16. The van der Waals surface area contributed by atoms with E-state index in [0.717, 1.165) is 22.4 Å². The van der Waals surface area contributed by atoms with Crippen molar-refractivity contribution in [2.75, 3.05) is 5.32 Å². The van der Waals surface area contributed by atoms with Crippen LogP contribution in [0.2, 0.25) is 0 Å². The molecular weight excluding hydrogens is 454 g/mol. The van der Waals surface area contributed by atoms with Gasteiger partial charge in [0.05, 0.1) is 34.4 Å². The van der Waals surface area contributed by atoms with Gasteiger partial charge < -0.3 is 14.8 Å². The molecule has 1 unspecified atom stereocenters. The second-order valence-electron chi connectivity index (χ2n) is 8.93. The van der Waals surface area contributed by atoms with Crippen LogP contribution in [-0.2, 0) is 0 Å². The lowest BCUT2D eigenvalue weighted by Crippen LogP contribution is -2.12. The molecule has 180 valence electrons. The SMILES string of the molecule is Cc1ccc(-n2cc(-c3cc(=O)c4cc(C)cc(C(C)Nc5ccccc5C(=O)O)c4o3)cn2)cc1. The number of benzene rings is 3. The van der Waals surface area contributed by atoms with Crippen LogP contribution in [0.15, 0.2) is 88.3 Å². The zero-order valence-electron chi connectivity index (χ0n) is 20.1. The molecule has 7 nitrogen and oxygen atoms in total. The van der Waals surface area contributed by atoms with Crippen LogP contribution < -0.4 is 10.7 Å². The molecular formula is C29H25N3O4. The first-order chi connectivity index (χ1) is 17.3. The summed E-state index contributed by atoms with van der Waals surface area (Å²) in [5, 5.41) is 17.7. The maximum atomic E-state index is 13.1. The lowest BCUT2D eigenvalue weighted by atomic mass is 10.0. The average molecular weight is 480 g/mol. The number of para-hydroxylation sites is 1. The van der Waals surface area contributed by atoms with Gasteiger partial charge in [0.1, 0.15) is 11.3 Å². The van der Waals surface area contributed by atoms with Crippen LogP contribution in [0.5, 0.6) is 0 Å². The summed E-state index contributed by atoms with van der Waals surface area (Å²) in [6.45, 7) is 5.85. The molecule has 0 radical (unpaired) electrons. The average Bonchev–Trinajstić information content (AvgIpc) is 3.35. The quantitative estimate of drug-likeness (QED) is 0.304. The van der Waals surface area contributed by atoms with Crippen LogP contribution in [0.4, 0.5) is 5.69 Å². The van der Waals surface area contributed by atoms with Gasteiger partial charge in [-0.2, -0.15) is 5.10 Å². The maximum Gasteiger partial charge on any atom is 0.337 e. The predicted molar refractivity (Wildman–Crippen MR) is 140 cm³/mol. The zero-order valence-corrected chi connectivity index (χ0v) is 20.1. The molecule has 2 heterocycles. The van der Waals surface area contributed by atoms with Gasteiger partial charge in [-0.3, -0.25) is 4.79 Å². The molecule has 5 rings (SSSR count). The number of fused-ring (bicyclic) bond motifs is 1. The number of hydrogen-bond acceptors (Lipinski definition) is 5. The molecule has 36 heavy (non-hydrogen) atoms. The Morgan fingerprint density at radius 3 is 2.53 bits per heavy atom. The predicted octanol–water partition coefficient (Wildman–Crippen LogP) is 6.13. The van der Waals surface area contributed by atoms with E-state index in [9.17, 15) is 14.7 Å². The molecule has 0 aliphatic carbocycles. The number of aromatic carboxylic acids is 1. The highest BCUT2D eigenvalue weighted by Crippen LogP contribution is 2.31. The highest BCUT2D eigenvalue weighted by atomic mass is 16.4. The summed E-state index contributed by atoms with van der Waals surface area (Å²) in [7, 11) is 0. The Labute approximate surface area is 207 Å². The zero-order chi connectivity index (χ0) is 25.4. The molecule has 0 saturated carbocycles. The Morgan fingerprint density at radius 2 is 1.78 bits per heavy atom. The smallest absolute Gasteiger partial charge is 0.337 e. The number of nitrogens with zero attached hydrogens (tertiary/aromatic N) is 2. The van der Waals surface area contributed by atoms with Crippen molar-refractivity contribution in [1.82, 2.24) is 9.78 Å². The number of nitrogens with one attached hydrogen (secondary N) is 1. The van der Waals surface area contributed by atoms with E-state index in [-0.39, 0.29) is 17.0 Å². The van der Waals surface area contributed by atoms with Crippen molar-refractivity contribution >= 4 is 22.6 Å². The second kappa shape index (κ2) is 9.19. The van der Waals surface area contributed by atoms with Gasteiger partial charge >= 0.3 is 5.97 Å². The van der Waals surface area contributed by atoms with Gasteiger partial charge in [0.25, 0.3) is 0 Å². The van der Waals surface area contributed by atoms with Crippen LogP contribution in [-0.4, -0.2) is 20.9 Å². The van der Waals surface area contributed by atoms with E-state index < -0.39 is 5.97 Å². The lowest BCUT2D eigenvalue weighted by molar-refractivity contribution is 0.0698. The second-order valence-corrected chi connectivity index (χ2v) is 8.93. The van der Waals surface area contributed by atoms with E-state index in [4.69, 9.17) is 4.42 Å². The minimum absolute atomic E-state index is 0.155. The van der Waals surface area contributed by atoms with Crippen LogP contribution in [0, 0.1) is 13.8 Å². The summed E-state index contributed by atoms with van der Waals surface area (Å²) in [5.41, 5.74) is 5.37. The first kappa shape index (κ1) is 23.1. The molecule has 2 aromatic heterocycles. The molecule has 5 aromatic rings. The van der Waals surface area contributed by atoms with Gasteiger partial charge in [0.2, 0.25) is 0 Å². The summed E-state index contributed by atoms with van der Waals surface area (Å²) in [6.07, 6.45) is 3.50. The van der Waals surface area contributed by atoms with Gasteiger partial charge in [-0.25, -0.2) is 9.48 Å². The van der Waals surface area contributed by atoms with Crippen molar-refractivity contribution in [2.45, 2.75) is 26.8 Å². The minimum atomic E-state index is -1.01. The third kappa shape index (κ3) is 4.38. The molecule has 0 spiro atoms. The Morgan fingerprint density at radius 1 is 1.03 bits per heavy atom. The molecule has 2 N–H and O–H groups in total. The van der Waals surface area contributed by atoms with Crippen molar-refractivity contribution in [3.05, 3.63) is 112 Å². The lowest BCUT2D eigenvalue weighted by Gasteiger charge is -2.19. The number of hydrogen-bond donors (Lipinski definition) is 2. The standard InChI is InChI=1S/C29H25N3O4/c1-17-8-10-21(11-9-17)32-16-20(15-30-32)27-14-26(33)24-13-18(2)12-23(28(24)36-27)19(3)31-25-7-5-4-6-22(25)29(34)35/h4-16,19,31H,1-3H3,(H,34,35). The highest BCUT2D eigenvalue weighted by molar-refractivity contribution is 5.94. The first-order valence-corrected chi connectivity index (χ1v) is 11.6. The van der Waals surface area contributed by atoms with Crippen LogP contribution >= 0.6 is 0 Å². The van der Waals surface area contributed by atoms with Crippen molar-refractivity contribution in [1.29, 1.82) is 0 Å². The molecule has 7 heteroatoms. The molecule has 3 aromatic carbocycles. The summed E-state index contributed by atoms with van der Waals surface area (Å²) < 4.78 is 8.05. The van der Waals surface area contributed by atoms with E-state index in [2.05, 4.69) is 10.4 Å². The third-order valence-electron chi connectivity index (χ3n) is 6.16. The van der Waals surface area contributed by atoms with E-state index in [1.165, 1.54) is 6.07 Å². The molecule has 0 bridgehead atoms. The summed E-state index contributed by atoms with van der Waals surface area (Å²) in [5.74, 6) is -0.604. The van der Waals surface area contributed by atoms with Gasteiger partial charge in [-0.15, -0.1) is 0 Å². The van der Waals surface area contributed by atoms with Gasteiger partial charge in [-0.1, -0.05) is 35.9 Å². The molecule has 0 aliphatic heterocycles. The summed E-state index contributed by atoms with van der Waals surface area (Å²) >= 11 is 0. The number of carbonyl (C=O) groups is 1. The van der Waals surface area contributed by atoms with Crippen LogP contribution in [0.25, 0.3) is 28.0 Å². The molecule has 0 amide bonds. The number of anilines is 1.